The summed E-state index contributed by atoms with van der Waals surface area (Å²) in [4.78, 5) is 22.5. The molecule has 126 valence electrons. The third kappa shape index (κ3) is 8.11. The van der Waals surface area contributed by atoms with Gasteiger partial charge in [0.15, 0.2) is 12.3 Å². The first-order chi connectivity index (χ1) is 10.6. The highest BCUT2D eigenvalue weighted by atomic mass is 16.7. The van der Waals surface area contributed by atoms with Gasteiger partial charge < -0.3 is 24.6 Å². The van der Waals surface area contributed by atoms with Gasteiger partial charge in [0.1, 0.15) is 0 Å². The Balaban J connectivity index is 2.13. The van der Waals surface area contributed by atoms with Gasteiger partial charge in [-0.15, -0.1) is 6.58 Å². The molecule has 1 aliphatic heterocycles. The number of ether oxygens (including phenoxy) is 3. The quantitative estimate of drug-likeness (QED) is 0.438. The molecule has 0 aromatic carbocycles. The highest BCUT2D eigenvalue weighted by Crippen LogP contribution is 2.13. The van der Waals surface area contributed by atoms with E-state index in [0.717, 1.165) is 19.3 Å². The first-order valence-electron chi connectivity index (χ1n) is 7.57. The second-order valence-corrected chi connectivity index (χ2v) is 5.03. The van der Waals surface area contributed by atoms with Crippen molar-refractivity contribution in [3.63, 3.8) is 0 Å². The molecule has 1 heterocycles. The van der Waals surface area contributed by atoms with Gasteiger partial charge in [0.2, 0.25) is 5.91 Å². The van der Waals surface area contributed by atoms with Crippen molar-refractivity contribution in [1.29, 1.82) is 0 Å². The Morgan fingerprint density at radius 2 is 2.23 bits per heavy atom. The highest BCUT2D eigenvalue weighted by molar-refractivity contribution is 5.83. The fourth-order valence-corrected chi connectivity index (χ4v) is 1.96. The smallest absolute Gasteiger partial charge is 0.328 e. The van der Waals surface area contributed by atoms with Gasteiger partial charge in [-0.3, -0.25) is 4.79 Å². The lowest BCUT2D eigenvalue weighted by molar-refractivity contribution is -0.170. The van der Waals surface area contributed by atoms with Crippen molar-refractivity contribution in [2.75, 3.05) is 26.4 Å². The van der Waals surface area contributed by atoms with E-state index in [0.29, 0.717) is 19.6 Å². The van der Waals surface area contributed by atoms with Gasteiger partial charge >= 0.3 is 5.97 Å². The molecule has 0 aromatic heterocycles. The van der Waals surface area contributed by atoms with Crippen LogP contribution in [0, 0.1) is 0 Å². The van der Waals surface area contributed by atoms with Crippen LogP contribution >= 0.6 is 0 Å². The van der Waals surface area contributed by atoms with E-state index in [4.69, 9.17) is 19.3 Å². The van der Waals surface area contributed by atoms with Crippen molar-refractivity contribution in [2.45, 2.75) is 44.4 Å². The largest absolute Gasteiger partial charge is 0.480 e. The summed E-state index contributed by atoms with van der Waals surface area (Å²) in [6.45, 7) is 4.72. The molecule has 0 radical (unpaired) electrons. The van der Waals surface area contributed by atoms with Crippen molar-refractivity contribution >= 4 is 11.9 Å². The lowest BCUT2D eigenvalue weighted by atomic mass is 10.2. The zero-order valence-electron chi connectivity index (χ0n) is 12.8. The van der Waals surface area contributed by atoms with Crippen molar-refractivity contribution < 1.29 is 28.9 Å². The first kappa shape index (κ1) is 18.6. The number of hydrogen-bond acceptors (Lipinski definition) is 5. The highest BCUT2D eigenvalue weighted by Gasteiger charge is 2.20. The van der Waals surface area contributed by atoms with E-state index in [1.165, 1.54) is 0 Å². The molecule has 1 unspecified atom stereocenters. The Hall–Kier alpha value is -1.44. The number of nitrogens with one attached hydrogen (secondary N) is 1. The molecule has 0 spiro atoms. The lowest BCUT2D eigenvalue weighted by Crippen LogP contribution is -2.44. The van der Waals surface area contributed by atoms with Crippen LogP contribution in [-0.2, 0) is 23.8 Å². The molecule has 1 aliphatic rings. The normalized spacial score (nSPS) is 19.4. The zero-order valence-corrected chi connectivity index (χ0v) is 12.8. The van der Waals surface area contributed by atoms with Crippen LogP contribution in [-0.4, -0.2) is 55.7 Å². The minimum atomic E-state index is -1.12. The van der Waals surface area contributed by atoms with Crippen LogP contribution < -0.4 is 5.32 Å². The summed E-state index contributed by atoms with van der Waals surface area (Å²) in [5.41, 5.74) is 0. The topological polar surface area (TPSA) is 94.1 Å². The molecular formula is C15H25NO6. The van der Waals surface area contributed by atoms with E-state index in [9.17, 15) is 9.59 Å². The summed E-state index contributed by atoms with van der Waals surface area (Å²) in [6, 6.07) is -1.05. The van der Waals surface area contributed by atoms with Gasteiger partial charge in [0, 0.05) is 13.0 Å². The van der Waals surface area contributed by atoms with Crippen molar-refractivity contribution in [3.8, 4) is 0 Å². The third-order valence-corrected chi connectivity index (χ3v) is 3.16. The molecule has 0 bridgehead atoms. The van der Waals surface area contributed by atoms with E-state index in [2.05, 4.69) is 11.9 Å². The van der Waals surface area contributed by atoms with Gasteiger partial charge in [-0.05, 0) is 25.7 Å². The molecule has 1 rings (SSSR count). The van der Waals surface area contributed by atoms with Crippen LogP contribution in [0.25, 0.3) is 0 Å². The number of rotatable bonds is 11. The third-order valence-electron chi connectivity index (χ3n) is 3.16. The van der Waals surface area contributed by atoms with E-state index >= 15 is 0 Å². The fourth-order valence-electron chi connectivity index (χ4n) is 1.96. The Labute approximate surface area is 130 Å². The average molecular weight is 315 g/mol. The van der Waals surface area contributed by atoms with Gasteiger partial charge in [-0.2, -0.15) is 0 Å². The van der Waals surface area contributed by atoms with Crippen LogP contribution in [0.2, 0.25) is 0 Å². The Kier molecular flexibility index (Phi) is 9.45. The van der Waals surface area contributed by atoms with Crippen LogP contribution in [0.4, 0.5) is 0 Å². The Morgan fingerprint density at radius 1 is 1.41 bits per heavy atom. The number of amides is 1. The zero-order chi connectivity index (χ0) is 16.2. The van der Waals surface area contributed by atoms with Crippen molar-refractivity contribution in [3.05, 3.63) is 12.7 Å². The van der Waals surface area contributed by atoms with Gasteiger partial charge in [0.05, 0.1) is 19.8 Å². The summed E-state index contributed by atoms with van der Waals surface area (Å²) >= 11 is 0. The van der Waals surface area contributed by atoms with E-state index in [-0.39, 0.29) is 31.8 Å². The maximum Gasteiger partial charge on any atom is 0.328 e. The standard InChI is InChI=1S/C15H25NO6/c1-2-3-6-13(17)16-12(15(18)19)11-20-9-10-22-14-7-4-5-8-21-14/h2,12,14H,1,3-11H2,(H,16,17)(H,18,19)/t12-,14?/m0/s1. The summed E-state index contributed by atoms with van der Waals surface area (Å²) in [5, 5.41) is 11.5. The molecule has 7 heteroatoms. The molecule has 1 fully saturated rings. The molecule has 22 heavy (non-hydrogen) atoms. The number of aliphatic carboxylic acids is 1. The summed E-state index contributed by atoms with van der Waals surface area (Å²) in [5.74, 6) is -1.45. The average Bonchev–Trinajstić information content (AvgIpc) is 2.52. The minimum Gasteiger partial charge on any atom is -0.480 e. The Bertz CT molecular complexity index is 354. The maximum atomic E-state index is 11.5. The monoisotopic (exact) mass is 315 g/mol. The summed E-state index contributed by atoms with van der Waals surface area (Å²) in [6.07, 6.45) is 5.16. The molecule has 2 N–H and O–H groups in total. The molecule has 0 aliphatic carbocycles. The first-order valence-corrected chi connectivity index (χ1v) is 7.57. The number of carboxylic acids is 1. The second-order valence-electron chi connectivity index (χ2n) is 5.03. The summed E-state index contributed by atoms with van der Waals surface area (Å²) < 4.78 is 16.1. The minimum absolute atomic E-state index is 0.0932. The number of carbonyl (C=O) groups is 2. The number of carbonyl (C=O) groups excluding carboxylic acids is 1. The van der Waals surface area contributed by atoms with Gasteiger partial charge in [-0.1, -0.05) is 6.08 Å². The van der Waals surface area contributed by atoms with Crippen LogP contribution in [0.15, 0.2) is 12.7 Å². The molecular weight excluding hydrogens is 290 g/mol. The van der Waals surface area contributed by atoms with Crippen molar-refractivity contribution in [1.82, 2.24) is 5.32 Å². The lowest BCUT2D eigenvalue weighted by Gasteiger charge is -2.22. The summed E-state index contributed by atoms with van der Waals surface area (Å²) in [7, 11) is 0. The van der Waals surface area contributed by atoms with Crippen LogP contribution in [0.3, 0.4) is 0 Å². The fraction of sp³-hybridized carbons (Fsp3) is 0.733. The molecule has 1 amide bonds. The molecule has 0 saturated carbocycles. The maximum absolute atomic E-state index is 11.5. The number of carboxylic acid groups (broad SMARTS) is 1. The molecule has 2 atom stereocenters. The Morgan fingerprint density at radius 3 is 2.86 bits per heavy atom. The number of allylic oxidation sites excluding steroid dienone is 1. The predicted molar refractivity (Wildman–Crippen MR) is 79.4 cm³/mol. The van der Waals surface area contributed by atoms with Crippen molar-refractivity contribution in [2.24, 2.45) is 0 Å². The van der Waals surface area contributed by atoms with Gasteiger partial charge in [0.25, 0.3) is 0 Å². The second kappa shape index (κ2) is 11.2. The SMILES string of the molecule is C=CCCC(=O)N[C@@H](COCCOC1CCCCO1)C(=O)O. The number of hydrogen-bond donors (Lipinski definition) is 2. The van der Waals surface area contributed by atoms with E-state index < -0.39 is 12.0 Å². The van der Waals surface area contributed by atoms with E-state index in [1.807, 2.05) is 0 Å². The molecule has 0 aromatic rings. The van der Waals surface area contributed by atoms with E-state index in [1.54, 1.807) is 6.08 Å². The predicted octanol–water partition coefficient (Wildman–Crippen LogP) is 1.08. The van der Waals surface area contributed by atoms with Crippen LogP contribution in [0.1, 0.15) is 32.1 Å². The van der Waals surface area contributed by atoms with Gasteiger partial charge in [-0.25, -0.2) is 4.79 Å². The molecule has 7 nitrogen and oxygen atoms in total. The van der Waals surface area contributed by atoms with Crippen LogP contribution in [0.5, 0.6) is 0 Å². The molecule has 1 saturated heterocycles.